The van der Waals surface area contributed by atoms with Gasteiger partial charge in [-0.2, -0.15) is 0 Å². The zero-order chi connectivity index (χ0) is 14.8. The van der Waals surface area contributed by atoms with Crippen molar-refractivity contribution in [2.45, 2.75) is 26.2 Å². The summed E-state index contributed by atoms with van der Waals surface area (Å²) in [4.78, 5) is 16.7. The van der Waals surface area contributed by atoms with E-state index in [1.807, 2.05) is 20.8 Å². The smallest absolute Gasteiger partial charge is 0.257 e. The van der Waals surface area contributed by atoms with Gasteiger partial charge in [-0.15, -0.1) is 0 Å². The van der Waals surface area contributed by atoms with Gasteiger partial charge in [0.1, 0.15) is 5.82 Å². The van der Waals surface area contributed by atoms with Crippen LogP contribution in [0.25, 0.3) is 0 Å². The van der Waals surface area contributed by atoms with Crippen molar-refractivity contribution in [2.75, 3.05) is 17.7 Å². The van der Waals surface area contributed by atoms with Crippen molar-refractivity contribution in [3.8, 4) is 0 Å². The number of rotatable bonds is 3. The molecule has 7 nitrogen and oxygen atoms in total. The Balaban J connectivity index is 2.33. The predicted octanol–water partition coefficient (Wildman–Crippen LogP) is 1.92. The first-order valence-electron chi connectivity index (χ1n) is 6.07. The number of nitrogens with zero attached hydrogens (tertiary/aromatic N) is 4. The molecule has 2 N–H and O–H groups in total. The minimum absolute atomic E-state index is 0.147. The fourth-order valence-corrected chi connectivity index (χ4v) is 1.89. The van der Waals surface area contributed by atoms with Gasteiger partial charge in [-0.25, -0.2) is 4.98 Å². The van der Waals surface area contributed by atoms with E-state index in [9.17, 15) is 4.79 Å². The van der Waals surface area contributed by atoms with E-state index >= 15 is 0 Å². The lowest BCUT2D eigenvalue weighted by molar-refractivity contribution is 0.102. The standard InChI is InChI=1S/C12H16N6OS/c1-12(2,3)8-5-7(6-9(13-4)14-8)10(19)15-11-16-17-18-20-11/h5-6H,1-4H3,(H,13,14)(H,15,16,18,19). The monoisotopic (exact) mass is 292 g/mol. The number of nitrogens with one attached hydrogen (secondary N) is 2. The average molecular weight is 292 g/mol. The molecule has 1 amide bonds. The fourth-order valence-electron chi connectivity index (χ4n) is 1.53. The van der Waals surface area contributed by atoms with Crippen LogP contribution in [0.2, 0.25) is 0 Å². The number of pyridine rings is 1. The summed E-state index contributed by atoms with van der Waals surface area (Å²) >= 11 is 1.03. The molecule has 2 rings (SSSR count). The van der Waals surface area contributed by atoms with Crippen molar-refractivity contribution in [3.63, 3.8) is 0 Å². The van der Waals surface area contributed by atoms with E-state index in [-0.39, 0.29) is 11.3 Å². The molecule has 0 aromatic carbocycles. The van der Waals surface area contributed by atoms with Crippen LogP contribution in [0.1, 0.15) is 36.8 Å². The molecule has 0 saturated heterocycles. The van der Waals surface area contributed by atoms with E-state index in [4.69, 9.17) is 0 Å². The van der Waals surface area contributed by atoms with Gasteiger partial charge in [-0.3, -0.25) is 10.1 Å². The van der Waals surface area contributed by atoms with Gasteiger partial charge in [0.2, 0.25) is 5.13 Å². The molecule has 0 radical (unpaired) electrons. The largest absolute Gasteiger partial charge is 0.373 e. The minimum Gasteiger partial charge on any atom is -0.373 e. The molecule has 0 unspecified atom stereocenters. The molecule has 0 aliphatic rings. The second-order valence-electron chi connectivity index (χ2n) is 5.25. The normalized spacial score (nSPS) is 11.2. The maximum absolute atomic E-state index is 12.2. The Labute approximate surface area is 121 Å². The number of carbonyl (C=O) groups is 1. The van der Waals surface area contributed by atoms with Crippen LogP contribution in [0.4, 0.5) is 10.9 Å². The summed E-state index contributed by atoms with van der Waals surface area (Å²) in [7, 11) is 1.77. The summed E-state index contributed by atoms with van der Waals surface area (Å²) in [5.41, 5.74) is 1.21. The maximum Gasteiger partial charge on any atom is 0.257 e. The van der Waals surface area contributed by atoms with Gasteiger partial charge in [-0.05, 0) is 17.3 Å². The molecule has 0 aliphatic heterocycles. The van der Waals surface area contributed by atoms with Gasteiger partial charge in [-0.1, -0.05) is 30.4 Å². The number of carbonyl (C=O) groups excluding carboxylic acids is 1. The Morgan fingerprint density at radius 3 is 2.60 bits per heavy atom. The van der Waals surface area contributed by atoms with E-state index in [1.54, 1.807) is 19.2 Å². The van der Waals surface area contributed by atoms with Crippen molar-refractivity contribution in [2.24, 2.45) is 0 Å². The molecule has 2 aromatic rings. The van der Waals surface area contributed by atoms with Crippen molar-refractivity contribution in [1.82, 2.24) is 19.8 Å². The van der Waals surface area contributed by atoms with Crippen molar-refractivity contribution < 1.29 is 4.79 Å². The molecule has 20 heavy (non-hydrogen) atoms. The lowest BCUT2D eigenvalue weighted by Crippen LogP contribution is -2.18. The first-order chi connectivity index (χ1) is 9.40. The van der Waals surface area contributed by atoms with Crippen LogP contribution in [0.15, 0.2) is 12.1 Å². The Bertz CT molecular complexity index is 605. The van der Waals surface area contributed by atoms with Crippen LogP contribution in [0, 0.1) is 0 Å². The number of hydrogen-bond donors (Lipinski definition) is 2. The average Bonchev–Trinajstić information content (AvgIpc) is 2.90. The van der Waals surface area contributed by atoms with Crippen molar-refractivity contribution in [3.05, 3.63) is 23.4 Å². The predicted molar refractivity (Wildman–Crippen MR) is 78.1 cm³/mol. The Hall–Kier alpha value is -2.09. The Kier molecular flexibility index (Phi) is 3.93. The summed E-state index contributed by atoms with van der Waals surface area (Å²) in [5.74, 6) is 0.394. The van der Waals surface area contributed by atoms with Gasteiger partial charge >= 0.3 is 0 Å². The zero-order valence-electron chi connectivity index (χ0n) is 11.8. The second kappa shape index (κ2) is 5.49. The highest BCUT2D eigenvalue weighted by molar-refractivity contribution is 7.09. The number of amides is 1. The van der Waals surface area contributed by atoms with Crippen LogP contribution < -0.4 is 10.6 Å². The van der Waals surface area contributed by atoms with Gasteiger partial charge in [0.15, 0.2) is 0 Å². The van der Waals surface area contributed by atoms with Gasteiger partial charge in [0.25, 0.3) is 5.91 Å². The topological polar surface area (TPSA) is 92.7 Å². The lowest BCUT2D eigenvalue weighted by Gasteiger charge is -2.19. The quantitative estimate of drug-likeness (QED) is 0.897. The van der Waals surface area contributed by atoms with Crippen molar-refractivity contribution in [1.29, 1.82) is 0 Å². The number of hydrogen-bond acceptors (Lipinski definition) is 7. The summed E-state index contributed by atoms with van der Waals surface area (Å²) in [6, 6.07) is 3.48. The van der Waals surface area contributed by atoms with Crippen LogP contribution in [-0.2, 0) is 5.41 Å². The molecular weight excluding hydrogens is 276 g/mol. The molecular formula is C12H16N6OS. The van der Waals surface area contributed by atoms with Crippen LogP contribution in [0.3, 0.4) is 0 Å². The second-order valence-corrected chi connectivity index (χ2v) is 5.98. The molecule has 0 saturated carbocycles. The van der Waals surface area contributed by atoms with Crippen LogP contribution in [-0.4, -0.2) is 32.7 Å². The molecule has 106 valence electrons. The fraction of sp³-hybridized carbons (Fsp3) is 0.417. The zero-order valence-corrected chi connectivity index (χ0v) is 12.6. The summed E-state index contributed by atoms with van der Waals surface area (Å²) in [6.07, 6.45) is 0. The Morgan fingerprint density at radius 2 is 2.05 bits per heavy atom. The maximum atomic E-state index is 12.2. The number of anilines is 2. The van der Waals surface area contributed by atoms with E-state index < -0.39 is 0 Å². The molecule has 8 heteroatoms. The molecule has 2 aromatic heterocycles. The first-order valence-corrected chi connectivity index (χ1v) is 6.84. The first kappa shape index (κ1) is 14.3. The molecule has 0 bridgehead atoms. The highest BCUT2D eigenvalue weighted by Gasteiger charge is 2.19. The van der Waals surface area contributed by atoms with E-state index in [1.165, 1.54) is 0 Å². The van der Waals surface area contributed by atoms with E-state index in [0.717, 1.165) is 17.2 Å². The van der Waals surface area contributed by atoms with E-state index in [0.29, 0.717) is 16.5 Å². The highest BCUT2D eigenvalue weighted by Crippen LogP contribution is 2.23. The molecule has 0 spiro atoms. The number of aromatic nitrogens is 4. The lowest BCUT2D eigenvalue weighted by atomic mass is 9.90. The van der Waals surface area contributed by atoms with E-state index in [2.05, 4.69) is 30.4 Å². The van der Waals surface area contributed by atoms with Crippen LogP contribution in [0.5, 0.6) is 0 Å². The third kappa shape index (κ3) is 3.27. The summed E-state index contributed by atoms with van der Waals surface area (Å²) in [5, 5.41) is 13.1. The van der Waals surface area contributed by atoms with Gasteiger partial charge in [0, 0.05) is 35.3 Å². The Morgan fingerprint density at radius 1 is 1.30 bits per heavy atom. The van der Waals surface area contributed by atoms with Crippen molar-refractivity contribution >= 4 is 28.4 Å². The molecule has 0 aliphatic carbocycles. The minimum atomic E-state index is -0.257. The SMILES string of the molecule is CNc1cc(C(=O)Nc2nnns2)cc(C(C)(C)C)n1. The third-order valence-corrected chi connectivity index (χ3v) is 3.14. The van der Waals surface area contributed by atoms with Gasteiger partial charge in [0.05, 0.1) is 0 Å². The highest BCUT2D eigenvalue weighted by atomic mass is 32.1. The third-order valence-electron chi connectivity index (χ3n) is 2.63. The van der Waals surface area contributed by atoms with Gasteiger partial charge < -0.3 is 5.32 Å². The van der Waals surface area contributed by atoms with Crippen LogP contribution >= 0.6 is 11.5 Å². The molecule has 2 heterocycles. The molecule has 0 atom stereocenters. The summed E-state index contributed by atoms with van der Waals surface area (Å²) in [6.45, 7) is 6.14. The summed E-state index contributed by atoms with van der Waals surface area (Å²) < 4.78 is 3.60. The molecule has 0 fully saturated rings.